The van der Waals surface area contributed by atoms with Crippen LogP contribution < -0.4 is 0 Å². The Hall–Kier alpha value is -1.80. The van der Waals surface area contributed by atoms with Crippen molar-refractivity contribution in [2.24, 2.45) is 0 Å². The van der Waals surface area contributed by atoms with Crippen LogP contribution in [-0.2, 0) is 0 Å². The molecular formula is C14H10Br2N2O4. The quantitative estimate of drug-likeness (QED) is 0.488. The lowest BCUT2D eigenvalue weighted by Crippen LogP contribution is -1.99. The zero-order valence-corrected chi connectivity index (χ0v) is 14.8. The Labute approximate surface area is 142 Å². The molecule has 0 fully saturated rings. The molecule has 0 bridgehead atoms. The first-order chi connectivity index (χ1) is 10.2. The molecule has 0 radical (unpaired) electrons. The fourth-order valence-electron chi connectivity index (χ4n) is 2.23. The Morgan fingerprint density at radius 2 is 1.09 bits per heavy atom. The fourth-order valence-corrected chi connectivity index (χ4v) is 3.76. The van der Waals surface area contributed by atoms with Crippen molar-refractivity contribution < 1.29 is 9.85 Å². The summed E-state index contributed by atoms with van der Waals surface area (Å²) >= 11 is 6.58. The molecule has 0 aliphatic carbocycles. The van der Waals surface area contributed by atoms with Gasteiger partial charge < -0.3 is 0 Å². The average molecular weight is 430 g/mol. The molecule has 8 heteroatoms. The summed E-state index contributed by atoms with van der Waals surface area (Å²) in [6.45, 7) is 3.44. The number of nitro groups is 2. The SMILES string of the molecule is Cc1cc(Br)c(-c2c(Br)cc(C)cc2[N+](=O)[O-])c([N+](=O)[O-])c1. The lowest BCUT2D eigenvalue weighted by molar-refractivity contribution is -0.386. The third-order valence-corrected chi connectivity index (χ3v) is 4.32. The minimum absolute atomic E-state index is 0.181. The van der Waals surface area contributed by atoms with E-state index in [1.807, 2.05) is 0 Å². The standard InChI is InChI=1S/C14H10Br2N2O4/c1-7-3-9(15)13(11(5-7)17(19)20)14-10(16)4-8(2)6-12(14)18(21)22/h3-6H,1-2H3. The summed E-state index contributed by atoms with van der Waals surface area (Å²) in [5, 5.41) is 22.7. The molecule has 0 aliphatic rings. The number of rotatable bonds is 3. The first kappa shape index (κ1) is 16.6. The molecule has 114 valence electrons. The van der Waals surface area contributed by atoms with Crippen molar-refractivity contribution in [1.82, 2.24) is 0 Å². The van der Waals surface area contributed by atoms with Gasteiger partial charge in [0.15, 0.2) is 0 Å². The predicted octanol–water partition coefficient (Wildman–Crippen LogP) is 5.31. The number of aryl methyl sites for hydroxylation is 2. The number of benzene rings is 2. The highest BCUT2D eigenvalue weighted by atomic mass is 79.9. The summed E-state index contributed by atoms with van der Waals surface area (Å²) < 4.78 is 0.874. The molecule has 0 N–H and O–H groups in total. The molecule has 0 unspecified atom stereocenters. The maximum atomic E-state index is 11.4. The van der Waals surface area contributed by atoms with Gasteiger partial charge in [0, 0.05) is 21.1 Å². The first-order valence-electron chi connectivity index (χ1n) is 6.11. The second-order valence-corrected chi connectivity index (χ2v) is 6.50. The normalized spacial score (nSPS) is 10.5. The third kappa shape index (κ3) is 3.02. The molecule has 0 atom stereocenters. The lowest BCUT2D eigenvalue weighted by atomic mass is 9.99. The van der Waals surface area contributed by atoms with Gasteiger partial charge in [-0.1, -0.05) is 0 Å². The third-order valence-electron chi connectivity index (χ3n) is 3.07. The Morgan fingerprint density at radius 3 is 1.36 bits per heavy atom. The van der Waals surface area contributed by atoms with E-state index < -0.39 is 9.85 Å². The predicted molar refractivity (Wildman–Crippen MR) is 90.1 cm³/mol. The van der Waals surface area contributed by atoms with Gasteiger partial charge in [0.25, 0.3) is 11.4 Å². The van der Waals surface area contributed by atoms with Crippen molar-refractivity contribution in [1.29, 1.82) is 0 Å². The molecule has 0 amide bonds. The van der Waals surface area contributed by atoms with Crippen LogP contribution in [0.3, 0.4) is 0 Å². The van der Waals surface area contributed by atoms with Crippen molar-refractivity contribution in [2.45, 2.75) is 13.8 Å². The summed E-state index contributed by atoms with van der Waals surface area (Å²) in [5.74, 6) is 0. The van der Waals surface area contributed by atoms with Crippen LogP contribution in [-0.4, -0.2) is 9.85 Å². The molecule has 0 aromatic heterocycles. The molecule has 0 aliphatic heterocycles. The molecule has 0 heterocycles. The van der Waals surface area contributed by atoms with Crippen LogP contribution >= 0.6 is 31.9 Å². The van der Waals surface area contributed by atoms with Gasteiger partial charge >= 0.3 is 0 Å². The molecule has 0 saturated heterocycles. The summed E-state index contributed by atoms with van der Waals surface area (Å²) in [6, 6.07) is 6.18. The van der Waals surface area contributed by atoms with Crippen LogP contribution in [0.25, 0.3) is 11.1 Å². The Kier molecular flexibility index (Phi) is 4.62. The maximum absolute atomic E-state index is 11.4. The summed E-state index contributed by atoms with van der Waals surface area (Å²) in [6.07, 6.45) is 0. The van der Waals surface area contributed by atoms with E-state index in [9.17, 15) is 20.2 Å². The molecule has 2 rings (SSSR count). The highest BCUT2D eigenvalue weighted by Crippen LogP contribution is 2.45. The second kappa shape index (κ2) is 6.13. The Morgan fingerprint density at radius 1 is 0.773 bits per heavy atom. The van der Waals surface area contributed by atoms with Gasteiger partial charge in [0.1, 0.15) is 0 Å². The monoisotopic (exact) mass is 428 g/mol. The van der Waals surface area contributed by atoms with Crippen molar-refractivity contribution in [2.75, 3.05) is 0 Å². The van der Waals surface area contributed by atoms with E-state index >= 15 is 0 Å². The van der Waals surface area contributed by atoms with Gasteiger partial charge in [-0.3, -0.25) is 20.2 Å². The minimum Gasteiger partial charge on any atom is -0.258 e. The largest absolute Gasteiger partial charge is 0.278 e. The molecule has 22 heavy (non-hydrogen) atoms. The number of nitrogens with zero attached hydrogens (tertiary/aromatic N) is 2. The van der Waals surface area contributed by atoms with Gasteiger partial charge in [-0.15, -0.1) is 0 Å². The second-order valence-electron chi connectivity index (χ2n) is 4.80. The van der Waals surface area contributed by atoms with Gasteiger partial charge in [0.05, 0.1) is 21.0 Å². The molecular weight excluding hydrogens is 420 g/mol. The number of halogens is 2. The van der Waals surface area contributed by atoms with E-state index in [4.69, 9.17) is 0 Å². The van der Waals surface area contributed by atoms with Crippen molar-refractivity contribution >= 4 is 43.2 Å². The molecule has 6 nitrogen and oxygen atoms in total. The highest BCUT2D eigenvalue weighted by Gasteiger charge is 2.28. The van der Waals surface area contributed by atoms with Gasteiger partial charge in [-0.2, -0.15) is 0 Å². The Balaban J connectivity index is 2.94. The number of hydrogen-bond acceptors (Lipinski definition) is 4. The molecule has 0 spiro atoms. The average Bonchev–Trinajstić information content (AvgIpc) is 2.38. The van der Waals surface area contributed by atoms with Crippen molar-refractivity contribution in [3.05, 3.63) is 64.6 Å². The van der Waals surface area contributed by atoms with Crippen LogP contribution in [0, 0.1) is 34.1 Å². The van der Waals surface area contributed by atoms with Crippen LogP contribution in [0.2, 0.25) is 0 Å². The summed E-state index contributed by atoms with van der Waals surface area (Å²) in [4.78, 5) is 21.6. The summed E-state index contributed by atoms with van der Waals surface area (Å²) in [5.41, 5.74) is 1.39. The topological polar surface area (TPSA) is 86.3 Å². The maximum Gasteiger partial charge on any atom is 0.278 e. The van der Waals surface area contributed by atoms with E-state index in [1.165, 1.54) is 12.1 Å². The van der Waals surface area contributed by atoms with Crippen LogP contribution in [0.15, 0.2) is 33.2 Å². The van der Waals surface area contributed by atoms with Crippen LogP contribution in [0.5, 0.6) is 0 Å². The zero-order valence-electron chi connectivity index (χ0n) is 11.6. The van der Waals surface area contributed by atoms with Crippen LogP contribution in [0.1, 0.15) is 11.1 Å². The van der Waals surface area contributed by atoms with Crippen LogP contribution in [0.4, 0.5) is 11.4 Å². The lowest BCUT2D eigenvalue weighted by Gasteiger charge is -2.11. The first-order valence-corrected chi connectivity index (χ1v) is 7.70. The molecule has 0 saturated carbocycles. The van der Waals surface area contributed by atoms with E-state index in [-0.39, 0.29) is 22.5 Å². The smallest absolute Gasteiger partial charge is 0.258 e. The minimum atomic E-state index is -0.539. The van der Waals surface area contributed by atoms with Gasteiger partial charge in [-0.25, -0.2) is 0 Å². The molecule has 2 aromatic rings. The fraction of sp³-hybridized carbons (Fsp3) is 0.143. The Bertz CT molecular complexity index is 738. The van der Waals surface area contributed by atoms with E-state index in [0.717, 1.165) is 0 Å². The zero-order chi connectivity index (χ0) is 16.6. The van der Waals surface area contributed by atoms with E-state index in [0.29, 0.717) is 20.1 Å². The van der Waals surface area contributed by atoms with E-state index in [2.05, 4.69) is 31.9 Å². The van der Waals surface area contributed by atoms with Gasteiger partial charge in [0.2, 0.25) is 0 Å². The molecule has 2 aromatic carbocycles. The summed E-state index contributed by atoms with van der Waals surface area (Å²) in [7, 11) is 0. The number of nitro benzene ring substituents is 2. The van der Waals surface area contributed by atoms with Gasteiger partial charge in [-0.05, 0) is 69.0 Å². The number of hydrogen-bond donors (Lipinski definition) is 0. The van der Waals surface area contributed by atoms with Crippen molar-refractivity contribution in [3.8, 4) is 11.1 Å². The van der Waals surface area contributed by atoms with Crippen molar-refractivity contribution in [3.63, 3.8) is 0 Å². The highest BCUT2D eigenvalue weighted by molar-refractivity contribution is 9.11. The van der Waals surface area contributed by atoms with E-state index in [1.54, 1.807) is 26.0 Å².